The smallest absolute Gasteiger partial charge is 0.250 e. The zero-order chi connectivity index (χ0) is 28.8. The van der Waals surface area contributed by atoms with Crippen molar-refractivity contribution in [3.63, 3.8) is 0 Å². The Morgan fingerprint density at radius 2 is 2.02 bits per heavy atom. The number of carbonyl (C=O) groups excluding carboxylic acids is 1. The van der Waals surface area contributed by atoms with E-state index in [1.807, 2.05) is 24.3 Å². The van der Waals surface area contributed by atoms with Crippen molar-refractivity contribution in [3.8, 4) is 11.5 Å². The molecule has 1 aromatic heterocycles. The second-order valence-electron chi connectivity index (χ2n) is 9.47. The van der Waals surface area contributed by atoms with E-state index >= 15 is 0 Å². The molecule has 0 atom stereocenters. The molecule has 10 heteroatoms. The Balaban J connectivity index is 1.35. The number of carbonyl (C=O) groups is 1. The Bertz CT molecular complexity index is 1580. The standard InChI is InChI=1S/C31H31ClFN5O3/c1-3-37(4-2)12-6-9-30(39)38-13-14-40-29-18-26-24(17-27(29)38)31(35-20-34-26)36-23-10-11-28(25(32)16-23)41-19-21-7-5-8-22(33)15-21/h5-11,15-18,20H,3-4,12-14,19H2,1-2H3,(H,34,35,36). The van der Waals surface area contributed by atoms with Gasteiger partial charge in [-0.05, 0) is 55.1 Å². The molecule has 1 aliphatic rings. The lowest BCUT2D eigenvalue weighted by Gasteiger charge is -2.29. The molecule has 41 heavy (non-hydrogen) atoms. The zero-order valence-electron chi connectivity index (χ0n) is 22.9. The van der Waals surface area contributed by atoms with Gasteiger partial charge in [0.25, 0.3) is 5.91 Å². The molecule has 4 aromatic rings. The average molecular weight is 576 g/mol. The van der Waals surface area contributed by atoms with Crippen molar-refractivity contribution in [3.05, 3.63) is 89.5 Å². The second kappa shape index (κ2) is 13.0. The highest BCUT2D eigenvalue weighted by atomic mass is 35.5. The van der Waals surface area contributed by atoms with E-state index < -0.39 is 0 Å². The third-order valence-electron chi connectivity index (χ3n) is 6.84. The molecule has 1 aliphatic heterocycles. The molecule has 212 valence electrons. The van der Waals surface area contributed by atoms with Crippen LogP contribution in [-0.4, -0.2) is 53.6 Å². The first-order chi connectivity index (χ1) is 19.9. The van der Waals surface area contributed by atoms with Gasteiger partial charge in [0.05, 0.1) is 22.8 Å². The molecular weight excluding hydrogens is 545 g/mol. The molecular formula is C31H31ClFN5O3. The molecule has 2 heterocycles. The van der Waals surface area contributed by atoms with Gasteiger partial charge in [0.2, 0.25) is 0 Å². The van der Waals surface area contributed by atoms with Crippen molar-refractivity contribution in [2.45, 2.75) is 20.5 Å². The molecule has 1 N–H and O–H groups in total. The molecule has 8 nitrogen and oxygen atoms in total. The largest absolute Gasteiger partial charge is 0.489 e. The van der Waals surface area contributed by atoms with Crippen molar-refractivity contribution in [1.82, 2.24) is 14.9 Å². The van der Waals surface area contributed by atoms with Gasteiger partial charge in [0.15, 0.2) is 0 Å². The summed E-state index contributed by atoms with van der Waals surface area (Å²) in [6.45, 7) is 7.79. The van der Waals surface area contributed by atoms with Crippen LogP contribution in [0, 0.1) is 5.82 Å². The van der Waals surface area contributed by atoms with Crippen molar-refractivity contribution < 1.29 is 18.7 Å². The maximum Gasteiger partial charge on any atom is 0.250 e. The van der Waals surface area contributed by atoms with Gasteiger partial charge in [0, 0.05) is 29.8 Å². The molecule has 0 unspecified atom stereocenters. The second-order valence-corrected chi connectivity index (χ2v) is 9.88. The number of nitrogens with one attached hydrogen (secondary N) is 1. The quantitative estimate of drug-likeness (QED) is 0.220. The van der Waals surface area contributed by atoms with Crippen molar-refractivity contribution in [2.75, 3.05) is 43.0 Å². The summed E-state index contributed by atoms with van der Waals surface area (Å²) < 4.78 is 25.1. The molecule has 0 bridgehead atoms. The first kappa shape index (κ1) is 28.3. The summed E-state index contributed by atoms with van der Waals surface area (Å²) in [5.41, 5.74) is 2.73. The lowest BCUT2D eigenvalue weighted by molar-refractivity contribution is -0.114. The number of ether oxygens (including phenoxy) is 2. The van der Waals surface area contributed by atoms with E-state index in [0.29, 0.717) is 64.5 Å². The molecule has 5 rings (SSSR count). The first-order valence-corrected chi connectivity index (χ1v) is 13.9. The van der Waals surface area contributed by atoms with Gasteiger partial charge in [-0.2, -0.15) is 0 Å². The highest BCUT2D eigenvalue weighted by Crippen LogP contribution is 2.38. The van der Waals surface area contributed by atoms with Crippen molar-refractivity contribution in [2.24, 2.45) is 0 Å². The minimum atomic E-state index is -0.319. The Labute approximate surface area is 243 Å². The Hall–Kier alpha value is -4.21. The SMILES string of the molecule is CCN(CC)CC=CC(=O)N1CCOc2cc3ncnc(Nc4ccc(OCc5cccc(F)c5)c(Cl)c4)c3cc21. The number of fused-ring (bicyclic) bond motifs is 2. The fourth-order valence-corrected chi connectivity index (χ4v) is 4.82. The normalized spacial score (nSPS) is 13.0. The number of halogens is 2. The summed E-state index contributed by atoms with van der Waals surface area (Å²) in [6.07, 6.45) is 4.99. The third kappa shape index (κ3) is 6.75. The van der Waals surface area contributed by atoms with Crippen LogP contribution in [0.1, 0.15) is 19.4 Å². The summed E-state index contributed by atoms with van der Waals surface area (Å²) in [5, 5.41) is 4.42. The van der Waals surface area contributed by atoms with E-state index in [1.54, 1.807) is 35.2 Å². The number of likely N-dealkylation sites (N-methyl/N-ethyl adjacent to an activating group) is 1. The van der Waals surface area contributed by atoms with Crippen LogP contribution in [0.15, 0.2) is 73.1 Å². The average Bonchev–Trinajstić information content (AvgIpc) is 2.98. The van der Waals surface area contributed by atoms with Gasteiger partial charge in [-0.15, -0.1) is 0 Å². The number of amides is 1. The molecule has 3 aromatic carbocycles. The Kier molecular flexibility index (Phi) is 8.96. The van der Waals surface area contributed by atoms with Crippen LogP contribution in [-0.2, 0) is 11.4 Å². The maximum absolute atomic E-state index is 13.5. The van der Waals surface area contributed by atoms with Crippen LogP contribution in [0.25, 0.3) is 10.9 Å². The van der Waals surface area contributed by atoms with E-state index in [0.717, 1.165) is 18.5 Å². The van der Waals surface area contributed by atoms with E-state index in [9.17, 15) is 9.18 Å². The topological polar surface area (TPSA) is 79.8 Å². The van der Waals surface area contributed by atoms with Crippen LogP contribution in [0.4, 0.5) is 21.6 Å². The van der Waals surface area contributed by atoms with Crippen LogP contribution < -0.4 is 19.7 Å². The third-order valence-corrected chi connectivity index (χ3v) is 7.14. The zero-order valence-corrected chi connectivity index (χ0v) is 23.7. The van der Waals surface area contributed by atoms with E-state index in [2.05, 4.69) is 34.0 Å². The van der Waals surface area contributed by atoms with Gasteiger partial charge in [0.1, 0.15) is 42.7 Å². The van der Waals surface area contributed by atoms with Crippen molar-refractivity contribution >= 4 is 45.6 Å². The number of aromatic nitrogens is 2. The number of anilines is 3. The minimum Gasteiger partial charge on any atom is -0.489 e. The fourth-order valence-electron chi connectivity index (χ4n) is 4.59. The predicted molar refractivity (Wildman–Crippen MR) is 160 cm³/mol. The van der Waals surface area contributed by atoms with E-state index in [1.165, 1.54) is 18.5 Å². The fraction of sp³-hybridized carbons (Fsp3) is 0.258. The lowest BCUT2D eigenvalue weighted by Crippen LogP contribution is -2.37. The minimum absolute atomic E-state index is 0.104. The van der Waals surface area contributed by atoms with E-state index in [4.69, 9.17) is 21.1 Å². The number of hydrogen-bond donors (Lipinski definition) is 1. The maximum atomic E-state index is 13.5. The Morgan fingerprint density at radius 3 is 2.80 bits per heavy atom. The highest BCUT2D eigenvalue weighted by Gasteiger charge is 2.24. The molecule has 0 aliphatic carbocycles. The van der Waals surface area contributed by atoms with Crippen molar-refractivity contribution in [1.29, 1.82) is 0 Å². The monoisotopic (exact) mass is 575 g/mol. The molecule has 0 fully saturated rings. The number of benzene rings is 3. The Morgan fingerprint density at radius 1 is 1.17 bits per heavy atom. The molecule has 0 saturated carbocycles. The van der Waals surface area contributed by atoms with E-state index in [-0.39, 0.29) is 18.3 Å². The summed E-state index contributed by atoms with van der Waals surface area (Å²) in [4.78, 5) is 25.9. The predicted octanol–water partition coefficient (Wildman–Crippen LogP) is 6.37. The highest BCUT2D eigenvalue weighted by molar-refractivity contribution is 6.32. The summed E-state index contributed by atoms with van der Waals surface area (Å²) >= 11 is 6.50. The summed E-state index contributed by atoms with van der Waals surface area (Å²) in [6, 6.07) is 15.2. The molecule has 1 amide bonds. The van der Waals surface area contributed by atoms with Gasteiger partial charge < -0.3 is 24.6 Å². The van der Waals surface area contributed by atoms with Gasteiger partial charge in [-0.25, -0.2) is 14.4 Å². The number of hydrogen-bond acceptors (Lipinski definition) is 7. The van der Waals surface area contributed by atoms with Gasteiger partial charge in [-0.1, -0.05) is 43.7 Å². The molecule has 0 saturated heterocycles. The van der Waals surface area contributed by atoms with Crippen LogP contribution >= 0.6 is 11.6 Å². The lowest BCUT2D eigenvalue weighted by atomic mass is 10.1. The molecule has 0 spiro atoms. The summed E-state index contributed by atoms with van der Waals surface area (Å²) in [5.74, 6) is 1.21. The summed E-state index contributed by atoms with van der Waals surface area (Å²) in [7, 11) is 0. The van der Waals surface area contributed by atoms with Crippen LogP contribution in [0.3, 0.4) is 0 Å². The molecule has 0 radical (unpaired) electrons. The van der Waals surface area contributed by atoms with Gasteiger partial charge >= 0.3 is 0 Å². The first-order valence-electron chi connectivity index (χ1n) is 13.5. The van der Waals surface area contributed by atoms with Crippen LogP contribution in [0.2, 0.25) is 5.02 Å². The van der Waals surface area contributed by atoms with Gasteiger partial charge in [-0.3, -0.25) is 4.79 Å². The number of rotatable bonds is 10. The van der Waals surface area contributed by atoms with Crippen LogP contribution in [0.5, 0.6) is 11.5 Å². The number of nitrogens with zero attached hydrogens (tertiary/aromatic N) is 4.